The molecule has 0 aromatic carbocycles. The van der Waals surface area contributed by atoms with Crippen LogP contribution in [0.15, 0.2) is 27.9 Å². The highest BCUT2D eigenvalue weighted by Gasteiger charge is 2.13. The quantitative estimate of drug-likeness (QED) is 0.674. The van der Waals surface area contributed by atoms with Crippen molar-refractivity contribution < 1.29 is 9.32 Å². The van der Waals surface area contributed by atoms with Crippen LogP contribution in [0, 0.1) is 6.92 Å². The molecule has 0 radical (unpaired) electrons. The highest BCUT2D eigenvalue weighted by atomic mass is 16.5. The number of carbonyl (C=O) groups excluding carboxylic acids is 1. The van der Waals surface area contributed by atoms with Crippen LogP contribution in [0.5, 0.6) is 0 Å². The van der Waals surface area contributed by atoms with Crippen molar-refractivity contribution in [3.63, 3.8) is 0 Å². The molecule has 0 aliphatic heterocycles. The fourth-order valence-corrected chi connectivity index (χ4v) is 2.46. The summed E-state index contributed by atoms with van der Waals surface area (Å²) in [5, 5.41) is 8.33. The van der Waals surface area contributed by atoms with E-state index in [1.54, 1.807) is 36.7 Å². The van der Waals surface area contributed by atoms with Gasteiger partial charge in [-0.2, -0.15) is 5.10 Å². The Morgan fingerprint density at radius 3 is 2.92 bits per heavy atom. The van der Waals surface area contributed by atoms with E-state index in [0.717, 1.165) is 0 Å². The predicted molar refractivity (Wildman–Crippen MR) is 85.1 cm³/mol. The zero-order valence-electron chi connectivity index (χ0n) is 13.8. The Kier molecular flexibility index (Phi) is 4.15. The molecule has 0 spiro atoms. The van der Waals surface area contributed by atoms with E-state index in [2.05, 4.69) is 15.2 Å². The molecule has 0 bridgehead atoms. The van der Waals surface area contributed by atoms with Gasteiger partial charge in [0, 0.05) is 33.1 Å². The molecule has 0 saturated heterocycles. The van der Waals surface area contributed by atoms with Crippen molar-refractivity contribution in [1.29, 1.82) is 0 Å². The van der Waals surface area contributed by atoms with E-state index in [-0.39, 0.29) is 24.4 Å². The first-order valence-corrected chi connectivity index (χ1v) is 7.49. The molecule has 3 rings (SSSR count). The van der Waals surface area contributed by atoms with Crippen LogP contribution in [-0.4, -0.2) is 42.3 Å². The number of rotatable bonds is 5. The lowest BCUT2D eigenvalue weighted by atomic mass is 10.3. The lowest BCUT2D eigenvalue weighted by Gasteiger charge is -2.15. The SMILES string of the molecule is Cc1cc(CN(C)C(=O)CCn2cnc3c(cnn3C)c2=O)no1. The van der Waals surface area contributed by atoms with Gasteiger partial charge in [-0.3, -0.25) is 18.8 Å². The number of carbonyl (C=O) groups is 1. The highest BCUT2D eigenvalue weighted by Crippen LogP contribution is 2.07. The number of hydrogen-bond donors (Lipinski definition) is 0. The third-order valence-electron chi connectivity index (χ3n) is 3.79. The standard InChI is InChI=1S/C15H18N6O3/c1-10-6-11(18-24-10)8-19(2)13(22)4-5-21-9-16-14-12(15(21)23)7-17-20(14)3/h6-7,9H,4-5,8H2,1-3H3. The second kappa shape index (κ2) is 6.26. The second-order valence-corrected chi connectivity index (χ2v) is 5.68. The summed E-state index contributed by atoms with van der Waals surface area (Å²) in [6.45, 7) is 2.43. The average Bonchev–Trinajstić information content (AvgIpc) is 3.13. The summed E-state index contributed by atoms with van der Waals surface area (Å²) in [5.41, 5.74) is 1.02. The zero-order valence-corrected chi connectivity index (χ0v) is 13.8. The van der Waals surface area contributed by atoms with Gasteiger partial charge in [0.15, 0.2) is 5.65 Å². The van der Waals surface area contributed by atoms with Crippen LogP contribution >= 0.6 is 0 Å². The lowest BCUT2D eigenvalue weighted by molar-refractivity contribution is -0.130. The molecule has 0 atom stereocenters. The molecule has 0 fully saturated rings. The van der Waals surface area contributed by atoms with E-state index in [0.29, 0.717) is 29.0 Å². The minimum atomic E-state index is -0.198. The Hall–Kier alpha value is -2.97. The first-order chi connectivity index (χ1) is 11.5. The van der Waals surface area contributed by atoms with Gasteiger partial charge in [0.05, 0.1) is 19.1 Å². The summed E-state index contributed by atoms with van der Waals surface area (Å²) >= 11 is 0. The Bertz CT molecular complexity index is 938. The van der Waals surface area contributed by atoms with Gasteiger partial charge < -0.3 is 9.42 Å². The first-order valence-electron chi connectivity index (χ1n) is 7.49. The minimum Gasteiger partial charge on any atom is -0.361 e. The zero-order chi connectivity index (χ0) is 17.3. The molecule has 126 valence electrons. The summed E-state index contributed by atoms with van der Waals surface area (Å²) in [7, 11) is 3.42. The van der Waals surface area contributed by atoms with Gasteiger partial charge in [-0.25, -0.2) is 4.98 Å². The second-order valence-electron chi connectivity index (χ2n) is 5.68. The van der Waals surface area contributed by atoms with Crippen molar-refractivity contribution in [2.24, 2.45) is 7.05 Å². The van der Waals surface area contributed by atoms with E-state index in [1.807, 2.05) is 0 Å². The largest absolute Gasteiger partial charge is 0.361 e. The van der Waals surface area contributed by atoms with Gasteiger partial charge in [0.2, 0.25) is 5.91 Å². The first kappa shape index (κ1) is 15.9. The van der Waals surface area contributed by atoms with Gasteiger partial charge in [-0.1, -0.05) is 5.16 Å². The van der Waals surface area contributed by atoms with Crippen molar-refractivity contribution in [2.45, 2.75) is 26.4 Å². The van der Waals surface area contributed by atoms with Gasteiger partial charge in [0.1, 0.15) is 16.8 Å². The van der Waals surface area contributed by atoms with E-state index in [4.69, 9.17) is 4.52 Å². The Balaban J connectivity index is 1.65. The molecule has 3 aromatic rings. The van der Waals surface area contributed by atoms with Crippen molar-refractivity contribution in [3.8, 4) is 0 Å². The average molecular weight is 330 g/mol. The molecule has 0 saturated carbocycles. The van der Waals surface area contributed by atoms with Crippen LogP contribution in [-0.2, 0) is 24.9 Å². The summed E-state index contributed by atoms with van der Waals surface area (Å²) in [6, 6.07) is 1.79. The van der Waals surface area contributed by atoms with E-state index in [9.17, 15) is 9.59 Å². The maximum absolute atomic E-state index is 12.3. The van der Waals surface area contributed by atoms with Crippen LogP contribution < -0.4 is 5.56 Å². The highest BCUT2D eigenvalue weighted by molar-refractivity contribution is 5.76. The summed E-state index contributed by atoms with van der Waals surface area (Å²) < 4.78 is 7.95. The fourth-order valence-electron chi connectivity index (χ4n) is 2.46. The molecular formula is C15H18N6O3. The fraction of sp³-hybridized carbons (Fsp3) is 0.400. The molecule has 1 amide bonds. The normalized spacial score (nSPS) is 11.1. The van der Waals surface area contributed by atoms with Gasteiger partial charge in [-0.15, -0.1) is 0 Å². The third kappa shape index (κ3) is 3.05. The molecule has 24 heavy (non-hydrogen) atoms. The number of hydrogen-bond acceptors (Lipinski definition) is 6. The van der Waals surface area contributed by atoms with Crippen LogP contribution in [0.2, 0.25) is 0 Å². The molecule has 0 N–H and O–H groups in total. The molecule has 9 nitrogen and oxygen atoms in total. The van der Waals surface area contributed by atoms with E-state index >= 15 is 0 Å². The van der Waals surface area contributed by atoms with Crippen LogP contribution in [0.1, 0.15) is 17.9 Å². The van der Waals surface area contributed by atoms with Crippen molar-refractivity contribution >= 4 is 16.9 Å². The predicted octanol–water partition coefficient (Wildman–Crippen LogP) is 0.475. The summed E-state index contributed by atoms with van der Waals surface area (Å²) in [4.78, 5) is 30.3. The molecular weight excluding hydrogens is 312 g/mol. The van der Waals surface area contributed by atoms with Gasteiger partial charge >= 0.3 is 0 Å². The minimum absolute atomic E-state index is 0.0890. The number of fused-ring (bicyclic) bond motifs is 1. The lowest BCUT2D eigenvalue weighted by Crippen LogP contribution is -2.29. The van der Waals surface area contributed by atoms with Crippen molar-refractivity contribution in [3.05, 3.63) is 40.4 Å². The molecule has 3 heterocycles. The molecule has 0 unspecified atom stereocenters. The summed E-state index contributed by atoms with van der Waals surface area (Å²) in [6.07, 6.45) is 3.13. The van der Waals surface area contributed by atoms with E-state index < -0.39 is 0 Å². The van der Waals surface area contributed by atoms with Gasteiger partial charge in [-0.05, 0) is 6.92 Å². The Morgan fingerprint density at radius 2 is 2.21 bits per heavy atom. The molecule has 3 aromatic heterocycles. The third-order valence-corrected chi connectivity index (χ3v) is 3.79. The maximum atomic E-state index is 12.3. The number of aryl methyl sites for hydroxylation is 3. The number of nitrogens with zero attached hydrogens (tertiary/aromatic N) is 6. The summed E-state index contributed by atoms with van der Waals surface area (Å²) in [5.74, 6) is 0.613. The number of aromatic nitrogens is 5. The Labute approximate surface area is 137 Å². The monoisotopic (exact) mass is 330 g/mol. The van der Waals surface area contributed by atoms with Crippen molar-refractivity contribution in [1.82, 2.24) is 29.4 Å². The van der Waals surface area contributed by atoms with Crippen LogP contribution in [0.3, 0.4) is 0 Å². The Morgan fingerprint density at radius 1 is 1.42 bits per heavy atom. The van der Waals surface area contributed by atoms with Crippen LogP contribution in [0.4, 0.5) is 0 Å². The maximum Gasteiger partial charge on any atom is 0.264 e. The smallest absolute Gasteiger partial charge is 0.264 e. The van der Waals surface area contributed by atoms with E-state index in [1.165, 1.54) is 17.1 Å². The van der Waals surface area contributed by atoms with Crippen LogP contribution in [0.25, 0.3) is 11.0 Å². The topological polar surface area (TPSA) is 99.1 Å². The van der Waals surface area contributed by atoms with Crippen molar-refractivity contribution in [2.75, 3.05) is 7.05 Å². The molecule has 0 aliphatic carbocycles. The number of amides is 1. The van der Waals surface area contributed by atoms with Gasteiger partial charge in [0.25, 0.3) is 5.56 Å². The molecule has 0 aliphatic rings. The molecule has 9 heteroatoms.